The van der Waals surface area contributed by atoms with E-state index in [4.69, 9.17) is 14.5 Å². The molecule has 1 unspecified atom stereocenters. The molecule has 0 amide bonds. The Balaban J connectivity index is 1.68. The van der Waals surface area contributed by atoms with E-state index < -0.39 is 0 Å². The number of hydrogen-bond donors (Lipinski definition) is 2. The van der Waals surface area contributed by atoms with Crippen molar-refractivity contribution in [2.75, 3.05) is 19.7 Å². The van der Waals surface area contributed by atoms with Crippen molar-refractivity contribution in [3.63, 3.8) is 0 Å². The van der Waals surface area contributed by atoms with E-state index in [9.17, 15) is 0 Å². The van der Waals surface area contributed by atoms with E-state index >= 15 is 0 Å². The van der Waals surface area contributed by atoms with E-state index in [-0.39, 0.29) is 6.10 Å². The molecule has 2 N–H and O–H groups in total. The summed E-state index contributed by atoms with van der Waals surface area (Å²) in [5.41, 5.74) is 2.25. The largest absolute Gasteiger partial charge is 0.494 e. The molecule has 0 aliphatic carbocycles. The first-order valence-corrected chi connectivity index (χ1v) is 11.5. The van der Waals surface area contributed by atoms with Gasteiger partial charge in [0, 0.05) is 43.6 Å². The molecule has 1 aromatic carbocycles. The van der Waals surface area contributed by atoms with Gasteiger partial charge in [-0.05, 0) is 32.4 Å². The van der Waals surface area contributed by atoms with E-state index in [1.807, 2.05) is 6.92 Å². The number of nitrogens with zero attached hydrogens (tertiary/aromatic N) is 4. The molecule has 2 heterocycles. The van der Waals surface area contributed by atoms with Crippen LogP contribution in [0.3, 0.4) is 0 Å². The first-order valence-electron chi connectivity index (χ1n) is 11.5. The van der Waals surface area contributed by atoms with Crippen LogP contribution < -0.4 is 20.1 Å². The van der Waals surface area contributed by atoms with Gasteiger partial charge in [0.15, 0.2) is 5.96 Å². The summed E-state index contributed by atoms with van der Waals surface area (Å²) < 4.78 is 13.9. The van der Waals surface area contributed by atoms with Crippen molar-refractivity contribution in [1.82, 2.24) is 25.4 Å². The van der Waals surface area contributed by atoms with Crippen molar-refractivity contribution in [1.29, 1.82) is 0 Å². The summed E-state index contributed by atoms with van der Waals surface area (Å²) >= 11 is 0. The van der Waals surface area contributed by atoms with E-state index in [1.54, 1.807) is 6.33 Å². The Bertz CT molecular complexity index is 864. The minimum absolute atomic E-state index is 0.210. The Morgan fingerprint density at radius 3 is 2.87 bits per heavy atom. The predicted molar refractivity (Wildman–Crippen MR) is 123 cm³/mol. The monoisotopic (exact) mass is 428 g/mol. The quantitative estimate of drug-likeness (QED) is 0.325. The maximum Gasteiger partial charge on any atom is 0.191 e. The smallest absolute Gasteiger partial charge is 0.191 e. The summed E-state index contributed by atoms with van der Waals surface area (Å²) in [6.45, 7) is 11.9. The average Bonchev–Trinajstić information content (AvgIpc) is 3.36. The highest BCUT2D eigenvalue weighted by Gasteiger charge is 2.21. The average molecular weight is 429 g/mol. The molecular weight excluding hydrogens is 392 g/mol. The molecule has 1 aliphatic heterocycles. The van der Waals surface area contributed by atoms with Gasteiger partial charge in [-0.25, -0.2) is 4.99 Å². The number of aliphatic imine (C=N–C) groups is 1. The maximum atomic E-state index is 5.95. The Kier molecular flexibility index (Phi) is 8.55. The van der Waals surface area contributed by atoms with Crippen molar-refractivity contribution >= 4 is 5.96 Å². The molecule has 8 nitrogen and oxygen atoms in total. The number of aromatic nitrogens is 3. The van der Waals surface area contributed by atoms with E-state index in [2.05, 4.69) is 58.3 Å². The normalized spacial score (nSPS) is 15.5. The Hall–Kier alpha value is -2.77. The van der Waals surface area contributed by atoms with Crippen LogP contribution in [0.1, 0.15) is 57.5 Å². The van der Waals surface area contributed by atoms with Crippen LogP contribution in [0, 0.1) is 0 Å². The highest BCUT2D eigenvalue weighted by molar-refractivity contribution is 5.79. The predicted octanol–water partition coefficient (Wildman–Crippen LogP) is 3.10. The zero-order valence-electron chi connectivity index (χ0n) is 19.3. The SMILES string of the molecule is CCCCNC(=NCc1cc2c(cc1OCC)CC(C)O2)NCCn1cnnc1CC. The van der Waals surface area contributed by atoms with E-state index in [1.165, 1.54) is 5.56 Å². The third kappa shape index (κ3) is 6.35. The van der Waals surface area contributed by atoms with Crippen molar-refractivity contribution < 1.29 is 9.47 Å². The lowest BCUT2D eigenvalue weighted by Gasteiger charge is -2.15. The Labute approximate surface area is 185 Å². The molecule has 0 saturated carbocycles. The van der Waals surface area contributed by atoms with Gasteiger partial charge < -0.3 is 24.7 Å². The molecule has 31 heavy (non-hydrogen) atoms. The molecule has 0 spiro atoms. The molecule has 8 heteroatoms. The molecular formula is C23H36N6O2. The molecule has 1 aromatic heterocycles. The lowest BCUT2D eigenvalue weighted by Crippen LogP contribution is -2.39. The fraction of sp³-hybridized carbons (Fsp3) is 0.609. The Morgan fingerprint density at radius 1 is 1.26 bits per heavy atom. The first-order chi connectivity index (χ1) is 15.1. The van der Waals surface area contributed by atoms with Gasteiger partial charge in [-0.3, -0.25) is 0 Å². The molecule has 0 saturated heterocycles. The van der Waals surface area contributed by atoms with Crippen molar-refractivity contribution in [2.24, 2.45) is 4.99 Å². The van der Waals surface area contributed by atoms with Gasteiger partial charge in [-0.1, -0.05) is 20.3 Å². The molecule has 0 bridgehead atoms. The van der Waals surface area contributed by atoms with E-state index in [0.717, 1.165) is 74.2 Å². The summed E-state index contributed by atoms with van der Waals surface area (Å²) in [5, 5.41) is 15.0. The third-order valence-corrected chi connectivity index (χ3v) is 5.27. The topological polar surface area (TPSA) is 85.6 Å². The fourth-order valence-corrected chi connectivity index (χ4v) is 3.65. The van der Waals surface area contributed by atoms with Crippen LogP contribution in [-0.2, 0) is 25.9 Å². The Morgan fingerprint density at radius 2 is 2.10 bits per heavy atom. The van der Waals surface area contributed by atoms with Gasteiger partial charge in [0.2, 0.25) is 0 Å². The second-order valence-electron chi connectivity index (χ2n) is 7.80. The second kappa shape index (κ2) is 11.6. The third-order valence-electron chi connectivity index (χ3n) is 5.27. The first kappa shape index (κ1) is 22.9. The van der Waals surface area contributed by atoms with Gasteiger partial charge in [0.25, 0.3) is 0 Å². The summed E-state index contributed by atoms with van der Waals surface area (Å²) in [7, 11) is 0. The van der Waals surface area contributed by atoms with Gasteiger partial charge in [-0.2, -0.15) is 0 Å². The number of unbranched alkanes of at least 4 members (excludes halogenated alkanes) is 1. The zero-order valence-corrected chi connectivity index (χ0v) is 19.3. The summed E-state index contributed by atoms with van der Waals surface area (Å²) in [4.78, 5) is 4.83. The number of benzene rings is 1. The van der Waals surface area contributed by atoms with Gasteiger partial charge in [0.1, 0.15) is 29.8 Å². The van der Waals surface area contributed by atoms with Crippen LogP contribution in [0.5, 0.6) is 11.5 Å². The number of hydrogen-bond acceptors (Lipinski definition) is 5. The second-order valence-corrected chi connectivity index (χ2v) is 7.80. The molecule has 1 atom stereocenters. The zero-order chi connectivity index (χ0) is 22.1. The van der Waals surface area contributed by atoms with Crippen LogP contribution in [0.4, 0.5) is 0 Å². The number of guanidine groups is 1. The lowest BCUT2D eigenvalue weighted by molar-refractivity contribution is 0.254. The lowest BCUT2D eigenvalue weighted by atomic mass is 10.1. The molecule has 1 aliphatic rings. The highest BCUT2D eigenvalue weighted by Crippen LogP contribution is 2.35. The molecule has 0 radical (unpaired) electrons. The van der Waals surface area contributed by atoms with E-state index in [0.29, 0.717) is 13.2 Å². The van der Waals surface area contributed by atoms with Gasteiger partial charge >= 0.3 is 0 Å². The van der Waals surface area contributed by atoms with Crippen LogP contribution in [0.2, 0.25) is 0 Å². The van der Waals surface area contributed by atoms with Crippen LogP contribution >= 0.6 is 0 Å². The van der Waals surface area contributed by atoms with Crippen LogP contribution in [-0.4, -0.2) is 46.5 Å². The summed E-state index contributed by atoms with van der Waals surface area (Å²) in [5.74, 6) is 3.65. The van der Waals surface area contributed by atoms with Crippen LogP contribution in [0.25, 0.3) is 0 Å². The number of rotatable bonds is 11. The number of ether oxygens (including phenoxy) is 2. The molecule has 170 valence electrons. The molecule has 3 rings (SSSR count). The fourth-order valence-electron chi connectivity index (χ4n) is 3.65. The number of nitrogens with one attached hydrogen (secondary N) is 2. The van der Waals surface area contributed by atoms with Crippen molar-refractivity contribution in [3.05, 3.63) is 35.4 Å². The minimum Gasteiger partial charge on any atom is -0.494 e. The van der Waals surface area contributed by atoms with Crippen molar-refractivity contribution in [2.45, 2.75) is 72.6 Å². The van der Waals surface area contributed by atoms with Gasteiger partial charge in [-0.15, -0.1) is 10.2 Å². The highest BCUT2D eigenvalue weighted by atomic mass is 16.5. The summed E-state index contributed by atoms with van der Waals surface area (Å²) in [6.07, 6.45) is 6.02. The maximum absolute atomic E-state index is 5.95. The number of fused-ring (bicyclic) bond motifs is 1. The minimum atomic E-state index is 0.210. The van der Waals surface area contributed by atoms with Gasteiger partial charge in [0.05, 0.1) is 13.2 Å². The summed E-state index contributed by atoms with van der Waals surface area (Å²) in [6, 6.07) is 4.20. The van der Waals surface area contributed by atoms with Crippen molar-refractivity contribution in [3.8, 4) is 11.5 Å². The number of aryl methyl sites for hydroxylation is 1. The molecule has 2 aromatic rings. The van der Waals surface area contributed by atoms with Crippen LogP contribution in [0.15, 0.2) is 23.5 Å². The molecule has 0 fully saturated rings. The standard InChI is InChI=1S/C23H36N6O2/c1-5-8-9-24-23(25-10-11-29-16-27-28-22(29)6-2)26-15-19-14-21-18(12-17(4)31-21)13-20(19)30-7-3/h13-14,16-17H,5-12,15H2,1-4H3,(H2,24,25,26).